The van der Waals surface area contributed by atoms with E-state index in [1.54, 1.807) is 12.1 Å². The summed E-state index contributed by atoms with van der Waals surface area (Å²) >= 11 is 3.41. The number of aromatic carboxylic acids is 1. The standard InChI is InChI=1S/C15H18BrN3O2/c1-3-14-12(9-19(2)18-14)8-17-7-11-5-4-10(15(20)21)6-13(11)16/h4-6,9,17H,3,7-8H2,1-2H3,(H,20,21). The Hall–Kier alpha value is -1.66. The number of nitrogens with one attached hydrogen (secondary N) is 1. The zero-order valence-electron chi connectivity index (χ0n) is 12.1. The molecule has 0 atom stereocenters. The number of nitrogens with zero attached hydrogens (tertiary/aromatic N) is 2. The number of rotatable bonds is 6. The largest absolute Gasteiger partial charge is 0.478 e. The third-order valence-electron chi connectivity index (χ3n) is 3.26. The molecule has 0 saturated carbocycles. The number of halogens is 1. The van der Waals surface area contributed by atoms with Crippen molar-refractivity contribution >= 4 is 21.9 Å². The average Bonchev–Trinajstić information content (AvgIpc) is 2.80. The first-order valence-corrected chi connectivity index (χ1v) is 7.54. The molecular formula is C15H18BrN3O2. The molecule has 2 N–H and O–H groups in total. The van der Waals surface area contributed by atoms with Gasteiger partial charge in [0.25, 0.3) is 0 Å². The quantitative estimate of drug-likeness (QED) is 0.839. The molecule has 0 aliphatic carbocycles. The van der Waals surface area contributed by atoms with Gasteiger partial charge in [-0.3, -0.25) is 4.68 Å². The first kappa shape index (κ1) is 15.7. The molecule has 0 spiro atoms. The van der Waals surface area contributed by atoms with Gasteiger partial charge in [-0.2, -0.15) is 5.10 Å². The SMILES string of the molecule is CCc1nn(C)cc1CNCc1ccc(C(=O)O)cc1Br. The second-order valence-corrected chi connectivity index (χ2v) is 5.70. The number of hydrogen-bond donors (Lipinski definition) is 2. The first-order chi connectivity index (χ1) is 10.0. The normalized spacial score (nSPS) is 10.8. The van der Waals surface area contributed by atoms with Crippen LogP contribution in [0.3, 0.4) is 0 Å². The molecule has 0 aliphatic heterocycles. The number of hydrogen-bond acceptors (Lipinski definition) is 3. The van der Waals surface area contributed by atoms with Gasteiger partial charge in [-0.25, -0.2) is 4.79 Å². The van der Waals surface area contributed by atoms with Crippen LogP contribution >= 0.6 is 15.9 Å². The Morgan fingerprint density at radius 1 is 1.38 bits per heavy atom. The highest BCUT2D eigenvalue weighted by Crippen LogP contribution is 2.19. The molecule has 1 heterocycles. The maximum Gasteiger partial charge on any atom is 0.335 e. The van der Waals surface area contributed by atoms with Crippen molar-refractivity contribution in [3.05, 3.63) is 51.3 Å². The number of benzene rings is 1. The number of carboxylic acid groups (broad SMARTS) is 1. The lowest BCUT2D eigenvalue weighted by atomic mass is 10.1. The average molecular weight is 352 g/mol. The van der Waals surface area contributed by atoms with Gasteiger partial charge in [0.05, 0.1) is 11.3 Å². The van der Waals surface area contributed by atoms with Crippen molar-refractivity contribution < 1.29 is 9.90 Å². The van der Waals surface area contributed by atoms with Crippen LogP contribution in [-0.2, 0) is 26.6 Å². The van der Waals surface area contributed by atoms with Gasteiger partial charge in [-0.1, -0.05) is 28.9 Å². The van der Waals surface area contributed by atoms with Crippen LogP contribution in [0.2, 0.25) is 0 Å². The van der Waals surface area contributed by atoms with Crippen LogP contribution in [0.25, 0.3) is 0 Å². The molecule has 1 aromatic carbocycles. The van der Waals surface area contributed by atoms with E-state index in [0.29, 0.717) is 6.54 Å². The number of carboxylic acids is 1. The highest BCUT2D eigenvalue weighted by Gasteiger charge is 2.08. The van der Waals surface area contributed by atoms with Crippen LogP contribution in [0.1, 0.15) is 34.1 Å². The fraction of sp³-hybridized carbons (Fsp3) is 0.333. The maximum absolute atomic E-state index is 10.9. The third-order valence-corrected chi connectivity index (χ3v) is 4.00. The highest BCUT2D eigenvalue weighted by molar-refractivity contribution is 9.10. The molecule has 0 radical (unpaired) electrons. The van der Waals surface area contributed by atoms with Crippen LogP contribution in [0.4, 0.5) is 0 Å². The molecule has 2 rings (SSSR count). The smallest absolute Gasteiger partial charge is 0.335 e. The Kier molecular flexibility index (Phi) is 5.14. The lowest BCUT2D eigenvalue weighted by molar-refractivity contribution is 0.0697. The van der Waals surface area contributed by atoms with E-state index in [9.17, 15) is 4.79 Å². The Balaban J connectivity index is 1.98. The van der Waals surface area contributed by atoms with E-state index in [-0.39, 0.29) is 5.56 Å². The molecule has 0 aliphatic rings. The van der Waals surface area contributed by atoms with Crippen molar-refractivity contribution in [3.8, 4) is 0 Å². The molecule has 21 heavy (non-hydrogen) atoms. The molecule has 0 unspecified atom stereocenters. The molecule has 6 heteroatoms. The zero-order chi connectivity index (χ0) is 15.4. The van der Waals surface area contributed by atoms with E-state index in [0.717, 1.165) is 28.7 Å². The van der Waals surface area contributed by atoms with Crippen LogP contribution in [-0.4, -0.2) is 20.9 Å². The van der Waals surface area contributed by atoms with Crippen LogP contribution in [0, 0.1) is 0 Å². The Bertz CT molecular complexity index is 652. The van der Waals surface area contributed by atoms with Crippen LogP contribution < -0.4 is 5.32 Å². The van der Waals surface area contributed by atoms with Gasteiger partial charge in [0.2, 0.25) is 0 Å². The minimum absolute atomic E-state index is 0.283. The molecule has 0 amide bonds. The fourth-order valence-corrected chi connectivity index (χ4v) is 2.70. The molecule has 0 bridgehead atoms. The third kappa shape index (κ3) is 3.92. The summed E-state index contributed by atoms with van der Waals surface area (Å²) < 4.78 is 2.63. The number of aryl methyl sites for hydroxylation is 2. The monoisotopic (exact) mass is 351 g/mol. The summed E-state index contributed by atoms with van der Waals surface area (Å²) in [7, 11) is 1.92. The molecule has 0 fully saturated rings. The van der Waals surface area contributed by atoms with Gasteiger partial charge in [-0.15, -0.1) is 0 Å². The van der Waals surface area contributed by atoms with Crippen molar-refractivity contribution in [2.45, 2.75) is 26.4 Å². The van der Waals surface area contributed by atoms with Gasteiger partial charge in [0.15, 0.2) is 0 Å². The summed E-state index contributed by atoms with van der Waals surface area (Å²) in [6.07, 6.45) is 2.93. The molecular weight excluding hydrogens is 334 g/mol. The first-order valence-electron chi connectivity index (χ1n) is 6.75. The fourth-order valence-electron chi connectivity index (χ4n) is 2.18. The Morgan fingerprint density at radius 2 is 2.10 bits per heavy atom. The second kappa shape index (κ2) is 6.87. The topological polar surface area (TPSA) is 67.2 Å². The van der Waals surface area contributed by atoms with Crippen molar-refractivity contribution in [3.63, 3.8) is 0 Å². The van der Waals surface area contributed by atoms with Crippen molar-refractivity contribution in [1.29, 1.82) is 0 Å². The van der Waals surface area contributed by atoms with Gasteiger partial charge in [0.1, 0.15) is 0 Å². The minimum Gasteiger partial charge on any atom is -0.478 e. The van der Waals surface area contributed by atoms with E-state index in [1.807, 2.05) is 24.0 Å². The van der Waals surface area contributed by atoms with E-state index >= 15 is 0 Å². The molecule has 112 valence electrons. The van der Waals surface area contributed by atoms with Crippen molar-refractivity contribution in [1.82, 2.24) is 15.1 Å². The lowest BCUT2D eigenvalue weighted by Crippen LogP contribution is -2.14. The summed E-state index contributed by atoms with van der Waals surface area (Å²) in [4.78, 5) is 10.9. The second-order valence-electron chi connectivity index (χ2n) is 4.84. The Labute approximate surface area is 132 Å². The number of carbonyl (C=O) groups is 1. The van der Waals surface area contributed by atoms with E-state index in [1.165, 1.54) is 5.56 Å². The lowest BCUT2D eigenvalue weighted by Gasteiger charge is -2.07. The summed E-state index contributed by atoms with van der Waals surface area (Å²) in [6, 6.07) is 5.07. The predicted molar refractivity (Wildman–Crippen MR) is 84.2 cm³/mol. The summed E-state index contributed by atoms with van der Waals surface area (Å²) in [6.45, 7) is 3.50. The van der Waals surface area contributed by atoms with Crippen LogP contribution in [0.5, 0.6) is 0 Å². The molecule has 1 aromatic heterocycles. The minimum atomic E-state index is -0.918. The van der Waals surface area contributed by atoms with Gasteiger partial charge in [-0.05, 0) is 24.1 Å². The van der Waals surface area contributed by atoms with Crippen LogP contribution in [0.15, 0.2) is 28.9 Å². The van der Waals surface area contributed by atoms with Gasteiger partial charge < -0.3 is 10.4 Å². The van der Waals surface area contributed by atoms with E-state index < -0.39 is 5.97 Å². The molecule has 2 aromatic rings. The van der Waals surface area contributed by atoms with E-state index in [4.69, 9.17) is 5.11 Å². The maximum atomic E-state index is 10.9. The van der Waals surface area contributed by atoms with Gasteiger partial charge >= 0.3 is 5.97 Å². The highest BCUT2D eigenvalue weighted by atomic mass is 79.9. The summed E-state index contributed by atoms with van der Waals surface area (Å²) in [5.41, 5.74) is 3.61. The number of aromatic nitrogens is 2. The summed E-state index contributed by atoms with van der Waals surface area (Å²) in [5.74, 6) is -0.918. The van der Waals surface area contributed by atoms with Gasteiger partial charge in [0, 0.05) is 36.4 Å². The zero-order valence-corrected chi connectivity index (χ0v) is 13.6. The van der Waals surface area contributed by atoms with Crippen molar-refractivity contribution in [2.75, 3.05) is 0 Å². The summed E-state index contributed by atoms with van der Waals surface area (Å²) in [5, 5.41) is 16.7. The predicted octanol–water partition coefficient (Wildman–Crippen LogP) is 2.73. The Morgan fingerprint density at radius 3 is 2.71 bits per heavy atom. The molecule has 0 saturated heterocycles. The van der Waals surface area contributed by atoms with Crippen molar-refractivity contribution in [2.24, 2.45) is 7.05 Å². The molecule has 5 nitrogen and oxygen atoms in total. The van der Waals surface area contributed by atoms with E-state index in [2.05, 4.69) is 33.3 Å².